The molecule has 0 aliphatic rings. The Hall–Kier alpha value is -2.49. The maximum absolute atomic E-state index is 12.0. The molecule has 0 aliphatic heterocycles. The molecule has 0 aliphatic carbocycles. The highest BCUT2D eigenvalue weighted by atomic mass is 16.5. The number of aryl methyl sites for hydroxylation is 1. The monoisotopic (exact) mass is 341 g/mol. The molecule has 0 heterocycles. The zero-order valence-electron chi connectivity index (χ0n) is 15.0. The molecule has 134 valence electrons. The van der Waals surface area contributed by atoms with Crippen LogP contribution in [0, 0.1) is 0 Å². The van der Waals surface area contributed by atoms with Crippen molar-refractivity contribution in [1.29, 1.82) is 0 Å². The maximum atomic E-state index is 12.0. The first-order valence-corrected chi connectivity index (χ1v) is 8.77. The van der Waals surface area contributed by atoms with Crippen molar-refractivity contribution in [2.75, 3.05) is 13.7 Å². The van der Waals surface area contributed by atoms with Crippen LogP contribution in [-0.4, -0.2) is 25.7 Å². The molecule has 0 spiro atoms. The van der Waals surface area contributed by atoms with Gasteiger partial charge >= 0.3 is 0 Å². The van der Waals surface area contributed by atoms with E-state index in [2.05, 4.69) is 24.4 Å². The topological polar surface area (TPSA) is 47.6 Å². The van der Waals surface area contributed by atoms with Gasteiger partial charge in [-0.1, -0.05) is 30.3 Å². The number of hydrogen-bond acceptors (Lipinski definition) is 3. The van der Waals surface area contributed by atoms with Gasteiger partial charge in [0.2, 0.25) is 5.91 Å². The number of methoxy groups -OCH3 is 1. The van der Waals surface area contributed by atoms with Gasteiger partial charge in [-0.25, -0.2) is 0 Å². The molecule has 0 aromatic heterocycles. The van der Waals surface area contributed by atoms with E-state index in [9.17, 15) is 4.79 Å². The second-order valence-electron chi connectivity index (χ2n) is 6.12. The fourth-order valence-electron chi connectivity index (χ4n) is 2.54. The molecule has 1 atom stereocenters. The van der Waals surface area contributed by atoms with Crippen molar-refractivity contribution >= 4 is 5.91 Å². The van der Waals surface area contributed by atoms with Gasteiger partial charge in [0.05, 0.1) is 13.7 Å². The van der Waals surface area contributed by atoms with Gasteiger partial charge in [0.25, 0.3) is 0 Å². The highest BCUT2D eigenvalue weighted by Gasteiger charge is 2.07. The number of carbonyl (C=O) groups is 1. The molecule has 0 saturated heterocycles. The van der Waals surface area contributed by atoms with Gasteiger partial charge in [0.15, 0.2) is 0 Å². The van der Waals surface area contributed by atoms with Crippen LogP contribution >= 0.6 is 0 Å². The first-order chi connectivity index (χ1) is 12.2. The van der Waals surface area contributed by atoms with Gasteiger partial charge in [-0.3, -0.25) is 4.79 Å². The van der Waals surface area contributed by atoms with Gasteiger partial charge in [-0.2, -0.15) is 0 Å². The van der Waals surface area contributed by atoms with Crippen molar-refractivity contribution in [3.05, 3.63) is 60.2 Å². The summed E-state index contributed by atoms with van der Waals surface area (Å²) >= 11 is 0. The van der Waals surface area contributed by atoms with Crippen LogP contribution in [0.5, 0.6) is 11.5 Å². The summed E-state index contributed by atoms with van der Waals surface area (Å²) in [6.07, 6.45) is 3.09. The molecule has 2 aromatic rings. The molecule has 4 heteroatoms. The number of ether oxygens (including phenoxy) is 2. The highest BCUT2D eigenvalue weighted by molar-refractivity contribution is 5.76. The molecule has 2 aromatic carbocycles. The molecule has 2 rings (SSSR count). The Morgan fingerprint density at radius 2 is 1.72 bits per heavy atom. The van der Waals surface area contributed by atoms with Crippen molar-refractivity contribution in [2.24, 2.45) is 0 Å². The quantitative estimate of drug-likeness (QED) is 0.665. The van der Waals surface area contributed by atoms with Crippen LogP contribution < -0.4 is 14.8 Å². The molecule has 1 N–H and O–H groups in total. The minimum atomic E-state index is 0.0823. The second kappa shape index (κ2) is 10.4. The predicted molar refractivity (Wildman–Crippen MR) is 100 cm³/mol. The Morgan fingerprint density at radius 1 is 1.04 bits per heavy atom. The Bertz CT molecular complexity index is 625. The van der Waals surface area contributed by atoms with Crippen molar-refractivity contribution in [2.45, 2.75) is 38.6 Å². The molecule has 0 radical (unpaired) electrons. The molecular formula is C21H27NO3. The summed E-state index contributed by atoms with van der Waals surface area (Å²) in [6, 6.07) is 18.0. The summed E-state index contributed by atoms with van der Waals surface area (Å²) in [4.78, 5) is 12.0. The first kappa shape index (κ1) is 18.8. The molecule has 25 heavy (non-hydrogen) atoms. The average molecular weight is 341 g/mol. The van der Waals surface area contributed by atoms with E-state index in [1.807, 2.05) is 42.5 Å². The number of carbonyl (C=O) groups excluding carboxylic acids is 1. The minimum absolute atomic E-state index is 0.0823. The summed E-state index contributed by atoms with van der Waals surface area (Å²) in [6.45, 7) is 2.58. The van der Waals surface area contributed by atoms with Crippen molar-refractivity contribution in [3.8, 4) is 11.5 Å². The Kier molecular flexibility index (Phi) is 7.83. The Morgan fingerprint density at radius 3 is 2.40 bits per heavy atom. The third kappa shape index (κ3) is 7.29. The van der Waals surface area contributed by atoms with E-state index in [0.717, 1.165) is 24.3 Å². The zero-order chi connectivity index (χ0) is 17.9. The summed E-state index contributed by atoms with van der Waals surface area (Å²) < 4.78 is 10.7. The second-order valence-corrected chi connectivity index (χ2v) is 6.12. The lowest BCUT2D eigenvalue weighted by molar-refractivity contribution is -0.121. The van der Waals surface area contributed by atoms with Crippen LogP contribution in [0.3, 0.4) is 0 Å². The third-order valence-corrected chi connectivity index (χ3v) is 3.99. The van der Waals surface area contributed by atoms with Crippen LogP contribution in [-0.2, 0) is 11.2 Å². The highest BCUT2D eigenvalue weighted by Crippen LogP contribution is 2.17. The van der Waals surface area contributed by atoms with Gasteiger partial charge in [0.1, 0.15) is 11.5 Å². The van der Waals surface area contributed by atoms with E-state index < -0.39 is 0 Å². The largest absolute Gasteiger partial charge is 0.497 e. The van der Waals surface area contributed by atoms with Crippen LogP contribution in [0.2, 0.25) is 0 Å². The van der Waals surface area contributed by atoms with Gasteiger partial charge in [-0.05, 0) is 56.0 Å². The fraction of sp³-hybridized carbons (Fsp3) is 0.381. The standard InChI is InChI=1S/C21H27NO3/c1-17(10-11-18-7-4-3-5-8-18)22-21(23)9-6-16-25-20-14-12-19(24-2)13-15-20/h3-5,7-8,12-15,17H,6,9-11,16H2,1-2H3,(H,22,23)/t17-/m0/s1. The lowest BCUT2D eigenvalue weighted by Gasteiger charge is -2.14. The van der Waals surface area contributed by atoms with Crippen molar-refractivity contribution in [1.82, 2.24) is 5.32 Å². The molecule has 0 fully saturated rings. The molecule has 0 saturated carbocycles. The van der Waals surface area contributed by atoms with Gasteiger partial charge < -0.3 is 14.8 Å². The lowest BCUT2D eigenvalue weighted by Crippen LogP contribution is -2.32. The molecule has 1 amide bonds. The van der Waals surface area contributed by atoms with E-state index in [1.165, 1.54) is 5.56 Å². The number of nitrogens with one attached hydrogen (secondary N) is 1. The van der Waals surface area contributed by atoms with E-state index >= 15 is 0 Å². The van der Waals surface area contributed by atoms with E-state index in [1.54, 1.807) is 7.11 Å². The van der Waals surface area contributed by atoms with Gasteiger partial charge in [-0.15, -0.1) is 0 Å². The summed E-state index contributed by atoms with van der Waals surface area (Å²) in [5, 5.41) is 3.05. The number of rotatable bonds is 10. The number of amides is 1. The lowest BCUT2D eigenvalue weighted by atomic mass is 10.1. The third-order valence-electron chi connectivity index (χ3n) is 3.99. The molecular weight excluding hydrogens is 314 g/mol. The van der Waals surface area contributed by atoms with E-state index in [-0.39, 0.29) is 11.9 Å². The Balaban J connectivity index is 1.58. The summed E-state index contributed by atoms with van der Waals surface area (Å²) in [7, 11) is 1.63. The predicted octanol–water partition coefficient (Wildman–Crippen LogP) is 3.99. The van der Waals surface area contributed by atoms with E-state index in [0.29, 0.717) is 19.4 Å². The molecule has 0 bridgehead atoms. The first-order valence-electron chi connectivity index (χ1n) is 8.77. The van der Waals surface area contributed by atoms with Crippen molar-refractivity contribution < 1.29 is 14.3 Å². The summed E-state index contributed by atoms with van der Waals surface area (Å²) in [5.74, 6) is 1.67. The van der Waals surface area contributed by atoms with Crippen LogP contribution in [0.15, 0.2) is 54.6 Å². The minimum Gasteiger partial charge on any atom is -0.497 e. The van der Waals surface area contributed by atoms with Gasteiger partial charge in [0, 0.05) is 12.5 Å². The average Bonchev–Trinajstić information content (AvgIpc) is 2.65. The maximum Gasteiger partial charge on any atom is 0.220 e. The SMILES string of the molecule is COc1ccc(OCCCC(=O)N[C@@H](C)CCc2ccccc2)cc1. The summed E-state index contributed by atoms with van der Waals surface area (Å²) in [5.41, 5.74) is 1.30. The number of hydrogen-bond donors (Lipinski definition) is 1. The fourth-order valence-corrected chi connectivity index (χ4v) is 2.54. The molecule has 0 unspecified atom stereocenters. The van der Waals surface area contributed by atoms with Crippen LogP contribution in [0.4, 0.5) is 0 Å². The molecule has 4 nitrogen and oxygen atoms in total. The smallest absolute Gasteiger partial charge is 0.220 e. The normalized spacial score (nSPS) is 11.6. The Labute approximate surface area is 150 Å². The van der Waals surface area contributed by atoms with Crippen molar-refractivity contribution in [3.63, 3.8) is 0 Å². The van der Waals surface area contributed by atoms with Crippen LogP contribution in [0.1, 0.15) is 31.7 Å². The number of benzene rings is 2. The zero-order valence-corrected chi connectivity index (χ0v) is 15.0. The van der Waals surface area contributed by atoms with Crippen LogP contribution in [0.25, 0.3) is 0 Å². The van der Waals surface area contributed by atoms with E-state index in [4.69, 9.17) is 9.47 Å².